The third kappa shape index (κ3) is 2.23. The molecule has 8 heteroatoms. The fourth-order valence-corrected chi connectivity index (χ4v) is 1.78. The molecule has 0 amide bonds. The number of carbonyl (C=O) groups is 1. The van der Waals surface area contributed by atoms with Gasteiger partial charge in [0.25, 0.3) is 5.69 Å². The van der Waals surface area contributed by atoms with Crippen molar-refractivity contribution < 1.29 is 23.2 Å². The number of esters is 1. The van der Waals surface area contributed by atoms with Gasteiger partial charge in [0.15, 0.2) is 16.0 Å². The van der Waals surface area contributed by atoms with Gasteiger partial charge in [0.1, 0.15) is 0 Å². The lowest BCUT2D eigenvalue weighted by Gasteiger charge is -2.04. The van der Waals surface area contributed by atoms with Gasteiger partial charge in [0.05, 0.1) is 17.6 Å². The summed E-state index contributed by atoms with van der Waals surface area (Å²) in [7, 11) is 1.07. The third-order valence-corrected chi connectivity index (χ3v) is 2.55. The molecule has 0 heterocycles. The molecular weight excluding hydrogens is 238 g/mol. The Morgan fingerprint density at radius 1 is 1.56 bits per heavy atom. The van der Waals surface area contributed by atoms with Gasteiger partial charge < -0.3 is 9.29 Å². The van der Waals surface area contributed by atoms with Crippen LogP contribution >= 0.6 is 0 Å². The van der Waals surface area contributed by atoms with Crippen LogP contribution in [-0.2, 0) is 15.8 Å². The number of nitro benzene ring substituents is 1. The summed E-state index contributed by atoms with van der Waals surface area (Å²) < 4.78 is 24.3. The smallest absolute Gasteiger partial charge is 0.339 e. The van der Waals surface area contributed by atoms with Crippen molar-refractivity contribution in [2.24, 2.45) is 0 Å². The van der Waals surface area contributed by atoms with E-state index < -0.39 is 32.6 Å². The molecule has 1 N–H and O–H groups in total. The van der Waals surface area contributed by atoms with E-state index in [2.05, 4.69) is 4.74 Å². The average molecular weight is 245 g/mol. The van der Waals surface area contributed by atoms with Gasteiger partial charge in [-0.1, -0.05) is 6.07 Å². The second kappa shape index (κ2) is 4.81. The molecule has 0 aromatic heterocycles. The summed E-state index contributed by atoms with van der Waals surface area (Å²) in [5, 5.41) is 10.6. The van der Waals surface area contributed by atoms with Crippen molar-refractivity contribution in [1.29, 1.82) is 0 Å². The van der Waals surface area contributed by atoms with Crippen LogP contribution < -0.4 is 0 Å². The SMILES string of the molecule is COC(=O)c1cccc([N+](=O)[O-])c1S(=O)O. The first-order valence-electron chi connectivity index (χ1n) is 3.95. The molecule has 0 fully saturated rings. The molecule has 0 radical (unpaired) electrons. The van der Waals surface area contributed by atoms with E-state index in [0.717, 1.165) is 13.2 Å². The molecule has 1 aromatic carbocycles. The Kier molecular flexibility index (Phi) is 3.69. The summed E-state index contributed by atoms with van der Waals surface area (Å²) in [4.78, 5) is 20.4. The molecule has 0 aliphatic heterocycles. The van der Waals surface area contributed by atoms with E-state index in [1.54, 1.807) is 0 Å². The van der Waals surface area contributed by atoms with Crippen molar-refractivity contribution >= 4 is 22.7 Å². The van der Waals surface area contributed by atoms with Crippen LogP contribution in [0.5, 0.6) is 0 Å². The number of ether oxygens (including phenoxy) is 1. The third-order valence-electron chi connectivity index (χ3n) is 1.77. The number of benzene rings is 1. The Bertz CT molecular complexity index is 472. The lowest BCUT2D eigenvalue weighted by Crippen LogP contribution is -2.09. The Morgan fingerprint density at radius 2 is 2.19 bits per heavy atom. The fourth-order valence-electron chi connectivity index (χ4n) is 1.12. The molecular formula is C8H7NO6S. The minimum atomic E-state index is -2.64. The Hall–Kier alpha value is -1.80. The summed E-state index contributed by atoms with van der Waals surface area (Å²) in [6.45, 7) is 0. The number of carbonyl (C=O) groups excluding carboxylic acids is 1. The maximum absolute atomic E-state index is 11.2. The Morgan fingerprint density at radius 3 is 2.62 bits per heavy atom. The normalized spacial score (nSPS) is 11.9. The molecule has 1 unspecified atom stereocenters. The highest BCUT2D eigenvalue weighted by Crippen LogP contribution is 2.25. The molecule has 0 bridgehead atoms. The van der Waals surface area contributed by atoms with E-state index in [1.165, 1.54) is 12.1 Å². The lowest BCUT2D eigenvalue weighted by molar-refractivity contribution is -0.387. The van der Waals surface area contributed by atoms with E-state index in [9.17, 15) is 19.1 Å². The van der Waals surface area contributed by atoms with E-state index >= 15 is 0 Å². The monoisotopic (exact) mass is 245 g/mol. The Labute approximate surface area is 92.5 Å². The number of hydrogen-bond donors (Lipinski definition) is 1. The predicted molar refractivity (Wildman–Crippen MR) is 53.5 cm³/mol. The highest BCUT2D eigenvalue weighted by molar-refractivity contribution is 7.79. The van der Waals surface area contributed by atoms with Crippen LogP contribution in [0.2, 0.25) is 0 Å². The first-order valence-corrected chi connectivity index (χ1v) is 5.06. The average Bonchev–Trinajstić information content (AvgIpc) is 2.26. The van der Waals surface area contributed by atoms with Crippen molar-refractivity contribution in [3.63, 3.8) is 0 Å². The summed E-state index contributed by atoms with van der Waals surface area (Å²) in [6, 6.07) is 3.46. The maximum Gasteiger partial charge on any atom is 0.339 e. The summed E-state index contributed by atoms with van der Waals surface area (Å²) in [5.41, 5.74) is -0.888. The minimum Gasteiger partial charge on any atom is -0.465 e. The van der Waals surface area contributed by atoms with Gasteiger partial charge in [-0.05, 0) is 6.07 Å². The molecule has 0 aliphatic rings. The fraction of sp³-hybridized carbons (Fsp3) is 0.125. The van der Waals surface area contributed by atoms with Crippen LogP contribution in [0.1, 0.15) is 10.4 Å². The van der Waals surface area contributed by atoms with Crippen LogP contribution in [0.15, 0.2) is 23.1 Å². The second-order valence-electron chi connectivity index (χ2n) is 2.65. The molecule has 0 saturated carbocycles. The van der Waals surface area contributed by atoms with Gasteiger partial charge in [-0.3, -0.25) is 10.1 Å². The topological polar surface area (TPSA) is 107 Å². The van der Waals surface area contributed by atoms with E-state index in [4.69, 9.17) is 4.55 Å². The number of nitrogens with zero attached hydrogens (tertiary/aromatic N) is 1. The molecule has 1 rings (SSSR count). The zero-order chi connectivity index (χ0) is 12.3. The number of methoxy groups -OCH3 is 1. The number of rotatable bonds is 3. The molecule has 86 valence electrons. The highest BCUT2D eigenvalue weighted by Gasteiger charge is 2.25. The largest absolute Gasteiger partial charge is 0.465 e. The van der Waals surface area contributed by atoms with Crippen LogP contribution in [-0.4, -0.2) is 26.8 Å². The van der Waals surface area contributed by atoms with Gasteiger partial charge in [0, 0.05) is 6.07 Å². The van der Waals surface area contributed by atoms with Crippen molar-refractivity contribution in [3.8, 4) is 0 Å². The van der Waals surface area contributed by atoms with E-state index in [1.807, 2.05) is 0 Å². The molecule has 1 aromatic rings. The molecule has 1 atom stereocenters. The van der Waals surface area contributed by atoms with E-state index in [-0.39, 0.29) is 5.56 Å². The predicted octanol–water partition coefficient (Wildman–Crippen LogP) is 0.962. The van der Waals surface area contributed by atoms with Crippen LogP contribution in [0.4, 0.5) is 5.69 Å². The van der Waals surface area contributed by atoms with Gasteiger partial charge in [-0.25, -0.2) is 9.00 Å². The van der Waals surface area contributed by atoms with Crippen LogP contribution in [0.25, 0.3) is 0 Å². The van der Waals surface area contributed by atoms with Crippen molar-refractivity contribution in [3.05, 3.63) is 33.9 Å². The van der Waals surface area contributed by atoms with Crippen LogP contribution in [0, 0.1) is 10.1 Å². The Balaban J connectivity index is 3.51. The lowest BCUT2D eigenvalue weighted by atomic mass is 10.2. The highest BCUT2D eigenvalue weighted by atomic mass is 32.2. The quantitative estimate of drug-likeness (QED) is 0.368. The zero-order valence-corrected chi connectivity index (χ0v) is 8.89. The first kappa shape index (κ1) is 12.3. The molecule has 0 spiro atoms. The standard InChI is InChI=1S/C8H7NO6S/c1-15-8(10)5-3-2-4-6(9(11)12)7(5)16(13)14/h2-4H,1H3,(H,13,14). The van der Waals surface area contributed by atoms with Gasteiger partial charge >= 0.3 is 5.97 Å². The molecule has 16 heavy (non-hydrogen) atoms. The molecule has 7 nitrogen and oxygen atoms in total. The second-order valence-corrected chi connectivity index (χ2v) is 3.56. The zero-order valence-electron chi connectivity index (χ0n) is 8.08. The van der Waals surface area contributed by atoms with E-state index in [0.29, 0.717) is 0 Å². The summed E-state index contributed by atoms with van der Waals surface area (Å²) in [5.74, 6) is -0.902. The summed E-state index contributed by atoms with van der Waals surface area (Å²) in [6.07, 6.45) is 0. The van der Waals surface area contributed by atoms with Gasteiger partial charge in [0.2, 0.25) is 0 Å². The van der Waals surface area contributed by atoms with Crippen molar-refractivity contribution in [2.75, 3.05) is 7.11 Å². The van der Waals surface area contributed by atoms with Crippen molar-refractivity contribution in [1.82, 2.24) is 0 Å². The molecule has 0 aliphatic carbocycles. The van der Waals surface area contributed by atoms with Gasteiger partial charge in [-0.2, -0.15) is 0 Å². The number of nitro groups is 1. The van der Waals surface area contributed by atoms with Crippen LogP contribution in [0.3, 0.4) is 0 Å². The maximum atomic E-state index is 11.2. The number of hydrogen-bond acceptors (Lipinski definition) is 5. The van der Waals surface area contributed by atoms with Gasteiger partial charge in [-0.15, -0.1) is 0 Å². The van der Waals surface area contributed by atoms with Crippen molar-refractivity contribution in [2.45, 2.75) is 4.90 Å². The first-order chi connectivity index (χ1) is 7.49. The molecule has 0 saturated heterocycles. The summed E-state index contributed by atoms with van der Waals surface area (Å²) >= 11 is -2.64. The minimum absolute atomic E-state index is 0.294.